The number of aromatic amines is 2. The lowest BCUT2D eigenvalue weighted by Crippen LogP contribution is -1.92. The van der Waals surface area contributed by atoms with Crippen LogP contribution < -0.4 is 0 Å². The molecule has 232 valence electrons. The summed E-state index contributed by atoms with van der Waals surface area (Å²) in [4.78, 5) is 29.4. The number of furan rings is 2. The highest BCUT2D eigenvalue weighted by Gasteiger charge is 2.18. The first kappa shape index (κ1) is 29.4. The Morgan fingerprint density at radius 3 is 2.15 bits per heavy atom. The highest BCUT2D eigenvalue weighted by Crippen LogP contribution is 2.36. The second-order valence-electron chi connectivity index (χ2n) is 10.4. The molecule has 8 aromatic heterocycles. The Morgan fingerprint density at radius 2 is 1.48 bits per heavy atom. The molecule has 0 fully saturated rings. The summed E-state index contributed by atoms with van der Waals surface area (Å²) in [5.41, 5.74) is 8.11. The van der Waals surface area contributed by atoms with Crippen LogP contribution in [0.3, 0.4) is 0 Å². The fourth-order valence-electron chi connectivity index (χ4n) is 5.26. The van der Waals surface area contributed by atoms with Gasteiger partial charge in [-0.25, -0.2) is 29.9 Å². The third-order valence-electron chi connectivity index (χ3n) is 7.47. The third kappa shape index (κ3) is 5.74. The van der Waals surface area contributed by atoms with E-state index in [1.807, 2.05) is 54.6 Å². The van der Waals surface area contributed by atoms with Gasteiger partial charge in [-0.1, -0.05) is 41.9 Å². The van der Waals surface area contributed by atoms with Gasteiger partial charge in [0, 0.05) is 34.6 Å². The fraction of sp³-hybridized carbons (Fsp3) is 0. The summed E-state index contributed by atoms with van der Waals surface area (Å²) in [6.07, 6.45) is 8.07. The van der Waals surface area contributed by atoms with E-state index in [2.05, 4.69) is 80.3 Å². The number of pyridine rings is 2. The van der Waals surface area contributed by atoms with Crippen LogP contribution >= 0.6 is 27.5 Å². The predicted molar refractivity (Wildman–Crippen MR) is 186 cm³/mol. The van der Waals surface area contributed by atoms with E-state index in [9.17, 15) is 0 Å². The number of rotatable bonds is 5. The van der Waals surface area contributed by atoms with E-state index in [-0.39, 0.29) is 0 Å². The van der Waals surface area contributed by atoms with Gasteiger partial charge in [0.2, 0.25) is 0 Å². The number of hydrogen-bond donors (Lipinski definition) is 2. The van der Waals surface area contributed by atoms with Gasteiger partial charge in [-0.3, -0.25) is 5.10 Å². The van der Waals surface area contributed by atoms with E-state index in [1.165, 1.54) is 12.7 Å². The van der Waals surface area contributed by atoms with Gasteiger partial charge in [0.15, 0.2) is 21.8 Å². The molecule has 0 radical (unpaired) electrons. The van der Waals surface area contributed by atoms with Gasteiger partial charge in [0.25, 0.3) is 0 Å². The van der Waals surface area contributed by atoms with Crippen LogP contribution in [0.15, 0.2) is 130 Å². The number of nitrogens with one attached hydrogen (secondary N) is 2. The minimum absolute atomic E-state index is 0.435. The Kier molecular flexibility index (Phi) is 7.76. The van der Waals surface area contributed by atoms with Gasteiger partial charge in [-0.2, -0.15) is 5.10 Å². The second-order valence-corrected chi connectivity index (χ2v) is 11.6. The zero-order chi connectivity index (χ0) is 32.5. The molecule has 0 aliphatic heterocycles. The van der Waals surface area contributed by atoms with Crippen molar-refractivity contribution in [3.8, 4) is 56.7 Å². The molecule has 8 heterocycles. The number of aromatic nitrogens is 9. The summed E-state index contributed by atoms with van der Waals surface area (Å²) >= 11 is 9.41. The zero-order valence-corrected chi connectivity index (χ0v) is 27.0. The number of halogens is 2. The molecule has 0 aliphatic carbocycles. The van der Waals surface area contributed by atoms with Gasteiger partial charge in [0.05, 0.1) is 23.0 Å². The van der Waals surface area contributed by atoms with E-state index < -0.39 is 0 Å². The zero-order valence-electron chi connectivity index (χ0n) is 24.7. The Morgan fingerprint density at radius 1 is 0.729 bits per heavy atom. The molecule has 9 rings (SSSR count). The van der Waals surface area contributed by atoms with Crippen LogP contribution in [0, 0.1) is 0 Å². The minimum atomic E-state index is 0.435. The third-order valence-corrected chi connectivity index (χ3v) is 8.18. The number of H-pyrrole nitrogens is 2. The summed E-state index contributed by atoms with van der Waals surface area (Å²) in [6, 6.07) is 27.4. The molecular weight excluding hydrogens is 694 g/mol. The van der Waals surface area contributed by atoms with Gasteiger partial charge in [-0.15, -0.1) is 0 Å². The predicted octanol–water partition coefficient (Wildman–Crippen LogP) is 9.04. The van der Waals surface area contributed by atoms with Crippen LogP contribution in [0.4, 0.5) is 0 Å². The van der Waals surface area contributed by atoms with Crippen molar-refractivity contribution in [1.82, 2.24) is 45.1 Å². The van der Waals surface area contributed by atoms with E-state index in [4.69, 9.17) is 25.4 Å². The highest BCUT2D eigenvalue weighted by atomic mass is 79.9. The van der Waals surface area contributed by atoms with E-state index in [1.54, 1.807) is 24.7 Å². The van der Waals surface area contributed by atoms with Crippen molar-refractivity contribution in [2.45, 2.75) is 0 Å². The van der Waals surface area contributed by atoms with E-state index >= 15 is 0 Å². The average molecular weight is 715 g/mol. The number of nitrogens with zero attached hydrogens (tertiary/aromatic N) is 7. The van der Waals surface area contributed by atoms with Gasteiger partial charge < -0.3 is 13.8 Å². The molecule has 11 nitrogen and oxygen atoms in total. The van der Waals surface area contributed by atoms with Crippen LogP contribution in [0.1, 0.15) is 0 Å². The van der Waals surface area contributed by atoms with Crippen molar-refractivity contribution in [3.05, 3.63) is 126 Å². The summed E-state index contributed by atoms with van der Waals surface area (Å²) in [5.74, 6) is 1.32. The molecule has 0 saturated carbocycles. The molecule has 0 spiro atoms. The number of hydrogen-bond acceptors (Lipinski definition) is 9. The first-order valence-corrected chi connectivity index (χ1v) is 15.7. The first-order chi connectivity index (χ1) is 23.6. The Labute approximate surface area is 285 Å². The number of benzene rings is 1. The van der Waals surface area contributed by atoms with Gasteiger partial charge >= 0.3 is 0 Å². The van der Waals surface area contributed by atoms with Crippen molar-refractivity contribution >= 4 is 49.6 Å². The number of fused-ring (bicyclic) bond motifs is 2. The molecule has 48 heavy (non-hydrogen) atoms. The van der Waals surface area contributed by atoms with Crippen molar-refractivity contribution in [1.29, 1.82) is 0 Å². The van der Waals surface area contributed by atoms with Crippen LogP contribution in [0.2, 0.25) is 5.15 Å². The molecule has 0 saturated heterocycles. The smallest absolute Gasteiger partial charge is 0.183 e. The quantitative estimate of drug-likeness (QED) is 0.178. The lowest BCUT2D eigenvalue weighted by molar-refractivity contribution is 0.554. The van der Waals surface area contributed by atoms with Gasteiger partial charge in [0.1, 0.15) is 34.8 Å². The second kappa shape index (κ2) is 12.7. The molecule has 2 N–H and O–H groups in total. The molecule has 0 amide bonds. The summed E-state index contributed by atoms with van der Waals surface area (Å²) < 4.78 is 11.9. The van der Waals surface area contributed by atoms with Crippen molar-refractivity contribution in [3.63, 3.8) is 0 Å². The minimum Gasteiger partial charge on any atom is -0.463 e. The van der Waals surface area contributed by atoms with Crippen LogP contribution in [-0.2, 0) is 0 Å². The monoisotopic (exact) mass is 713 g/mol. The lowest BCUT2D eigenvalue weighted by Gasteiger charge is -2.06. The van der Waals surface area contributed by atoms with Crippen molar-refractivity contribution < 1.29 is 8.83 Å². The SMILES string of the molecule is Clc1[nH]nc2nc(-c3ccc(Br)o3)c(-c3ccncn3)cc12.c1ccc(-c2cc3cc(-c4ccncn4)c(-c4ccco4)nc3[nH]2)cc1. The molecule has 13 heteroatoms. The maximum absolute atomic E-state index is 6.11. The Hall–Kier alpha value is -5.98. The molecule has 0 atom stereocenters. The maximum Gasteiger partial charge on any atom is 0.183 e. The maximum atomic E-state index is 6.11. The van der Waals surface area contributed by atoms with Crippen LogP contribution in [0.25, 0.3) is 78.7 Å². The molecule has 0 unspecified atom stereocenters. The highest BCUT2D eigenvalue weighted by molar-refractivity contribution is 9.10. The average Bonchev–Trinajstić information content (AvgIpc) is 3.97. The van der Waals surface area contributed by atoms with Crippen LogP contribution in [-0.4, -0.2) is 45.1 Å². The molecule has 0 aliphatic rings. The largest absolute Gasteiger partial charge is 0.463 e. The van der Waals surface area contributed by atoms with Crippen LogP contribution in [0.5, 0.6) is 0 Å². The Balaban J connectivity index is 0.000000142. The van der Waals surface area contributed by atoms with Gasteiger partial charge in [-0.05, 0) is 76.1 Å². The summed E-state index contributed by atoms with van der Waals surface area (Å²) in [6.45, 7) is 0. The molecular formula is C35H21BrClN9O2. The molecule has 0 bridgehead atoms. The molecule has 9 aromatic rings. The standard InChI is InChI=1S/C21H14N4O.C14H7BrClN5O/c1-2-5-14(6-3-1)18-12-15-11-16(17-8-9-22-13-23-17)20(25-21(15)24-18)19-7-4-10-26-19;15-11-2-1-10(22-11)12-7(9-3-4-17-6-18-9)5-8-13(16)20-21-14(8)19-12/h1-13H,(H,24,25);1-6H,(H,19,20,21). The summed E-state index contributed by atoms with van der Waals surface area (Å²) in [7, 11) is 0. The van der Waals surface area contributed by atoms with E-state index in [0.717, 1.165) is 55.9 Å². The lowest BCUT2D eigenvalue weighted by atomic mass is 10.1. The molecule has 1 aromatic carbocycles. The first-order valence-electron chi connectivity index (χ1n) is 14.6. The Bertz CT molecular complexity index is 2480. The summed E-state index contributed by atoms with van der Waals surface area (Å²) in [5, 5.41) is 8.99. The fourth-order valence-corrected chi connectivity index (χ4v) is 5.75. The van der Waals surface area contributed by atoms with Crippen molar-refractivity contribution in [2.75, 3.05) is 0 Å². The normalized spacial score (nSPS) is 11.1. The van der Waals surface area contributed by atoms with E-state index in [0.29, 0.717) is 32.7 Å². The van der Waals surface area contributed by atoms with Crippen molar-refractivity contribution in [2.24, 2.45) is 0 Å². The topological polar surface area (TPSA) is 148 Å².